The minimum Gasteiger partial charge on any atom is -0.481 e. The molecule has 3 nitrogen and oxygen atoms in total. The Morgan fingerprint density at radius 3 is 2.21 bits per heavy atom. The molecule has 2 aromatic rings. The zero-order chi connectivity index (χ0) is 17.7. The highest BCUT2D eigenvalue weighted by Gasteiger charge is 2.19. The summed E-state index contributed by atoms with van der Waals surface area (Å²) in [5.41, 5.74) is 3.41. The molecule has 2 rings (SSSR count). The van der Waals surface area contributed by atoms with Crippen molar-refractivity contribution in [2.45, 2.75) is 52.7 Å². The van der Waals surface area contributed by atoms with Crippen LogP contribution in [0, 0.1) is 6.92 Å². The minimum absolute atomic E-state index is 0.0514. The normalized spacial score (nSPS) is 13.4. The molecule has 0 unspecified atom stereocenters. The van der Waals surface area contributed by atoms with E-state index in [9.17, 15) is 4.79 Å². The molecule has 0 aromatic heterocycles. The topological polar surface area (TPSA) is 38.3 Å². The highest BCUT2D eigenvalue weighted by atomic mass is 16.5. The Bertz CT molecular complexity index is 676. The van der Waals surface area contributed by atoms with Gasteiger partial charge in [0.2, 0.25) is 0 Å². The van der Waals surface area contributed by atoms with Gasteiger partial charge in [-0.3, -0.25) is 4.79 Å². The summed E-state index contributed by atoms with van der Waals surface area (Å²) in [5, 5.41) is 3.02. The lowest BCUT2D eigenvalue weighted by molar-refractivity contribution is -0.127. The van der Waals surface area contributed by atoms with Crippen molar-refractivity contribution in [1.29, 1.82) is 0 Å². The number of rotatable bonds is 6. The lowest BCUT2D eigenvalue weighted by Gasteiger charge is -2.21. The lowest BCUT2D eigenvalue weighted by atomic mass is 10.0. The van der Waals surface area contributed by atoms with Gasteiger partial charge in [-0.25, -0.2) is 0 Å². The Labute approximate surface area is 145 Å². The smallest absolute Gasteiger partial charge is 0.261 e. The minimum atomic E-state index is -0.544. The third-order valence-electron chi connectivity index (χ3n) is 4.15. The number of ether oxygens (including phenoxy) is 1. The van der Waals surface area contributed by atoms with E-state index in [1.165, 1.54) is 5.56 Å². The molecule has 24 heavy (non-hydrogen) atoms. The van der Waals surface area contributed by atoms with Gasteiger partial charge in [-0.15, -0.1) is 0 Å². The molecule has 2 atom stereocenters. The summed E-state index contributed by atoms with van der Waals surface area (Å²) in [6, 6.07) is 16.0. The molecule has 0 bridgehead atoms. The number of hydrogen-bond donors (Lipinski definition) is 1. The van der Waals surface area contributed by atoms with Crippen molar-refractivity contribution in [2.75, 3.05) is 0 Å². The van der Waals surface area contributed by atoms with Gasteiger partial charge in [0.1, 0.15) is 5.75 Å². The predicted octanol–water partition coefficient (Wildman–Crippen LogP) is 4.76. The van der Waals surface area contributed by atoms with E-state index in [2.05, 4.69) is 38.2 Å². The van der Waals surface area contributed by atoms with E-state index < -0.39 is 6.10 Å². The van der Waals surface area contributed by atoms with Crippen LogP contribution >= 0.6 is 0 Å². The summed E-state index contributed by atoms with van der Waals surface area (Å²) >= 11 is 0. The largest absolute Gasteiger partial charge is 0.481 e. The SMILES string of the molecule is Cc1ccc([C@@H](C)NC(=O)[C@H](C)Oc2ccccc2C(C)C)cc1. The van der Waals surface area contributed by atoms with Crippen molar-refractivity contribution >= 4 is 5.91 Å². The third-order valence-corrected chi connectivity index (χ3v) is 4.15. The van der Waals surface area contributed by atoms with Crippen molar-refractivity contribution in [3.63, 3.8) is 0 Å². The van der Waals surface area contributed by atoms with Crippen molar-refractivity contribution in [2.24, 2.45) is 0 Å². The van der Waals surface area contributed by atoms with Crippen LogP contribution in [0.4, 0.5) is 0 Å². The molecule has 0 aliphatic carbocycles. The third kappa shape index (κ3) is 4.60. The number of carbonyl (C=O) groups excluding carboxylic acids is 1. The standard InChI is InChI=1S/C21H27NO2/c1-14(2)19-8-6-7-9-20(19)24-17(5)21(23)22-16(4)18-12-10-15(3)11-13-18/h6-14,16-17H,1-5H3,(H,22,23)/t16-,17+/m1/s1. The van der Waals surface area contributed by atoms with E-state index in [1.807, 2.05) is 43.3 Å². The van der Waals surface area contributed by atoms with Crippen LogP contribution in [0.1, 0.15) is 56.3 Å². The van der Waals surface area contributed by atoms with E-state index in [-0.39, 0.29) is 11.9 Å². The molecule has 0 spiro atoms. The zero-order valence-corrected chi connectivity index (χ0v) is 15.2. The van der Waals surface area contributed by atoms with Crippen LogP contribution in [0.3, 0.4) is 0 Å². The van der Waals surface area contributed by atoms with Crippen molar-refractivity contribution < 1.29 is 9.53 Å². The number of nitrogens with one attached hydrogen (secondary N) is 1. The Morgan fingerprint density at radius 1 is 0.958 bits per heavy atom. The fourth-order valence-corrected chi connectivity index (χ4v) is 2.58. The summed E-state index contributed by atoms with van der Waals surface area (Å²) < 4.78 is 5.91. The lowest BCUT2D eigenvalue weighted by Crippen LogP contribution is -2.37. The number of amides is 1. The number of aryl methyl sites for hydroxylation is 1. The number of benzene rings is 2. The van der Waals surface area contributed by atoms with Gasteiger partial charge in [-0.2, -0.15) is 0 Å². The highest BCUT2D eigenvalue weighted by molar-refractivity contribution is 5.81. The van der Waals surface area contributed by atoms with Gasteiger partial charge in [-0.1, -0.05) is 61.9 Å². The van der Waals surface area contributed by atoms with E-state index in [4.69, 9.17) is 4.74 Å². The van der Waals surface area contributed by atoms with Gasteiger partial charge in [0.25, 0.3) is 5.91 Å². The molecule has 0 saturated carbocycles. The molecule has 3 heteroatoms. The van der Waals surface area contributed by atoms with Gasteiger partial charge < -0.3 is 10.1 Å². The van der Waals surface area contributed by atoms with E-state index >= 15 is 0 Å². The van der Waals surface area contributed by atoms with Crippen LogP contribution in [-0.2, 0) is 4.79 Å². The molecule has 1 amide bonds. The molecule has 0 fully saturated rings. The van der Waals surface area contributed by atoms with Gasteiger partial charge in [-0.05, 0) is 43.9 Å². The van der Waals surface area contributed by atoms with Gasteiger partial charge in [0, 0.05) is 0 Å². The molecule has 0 radical (unpaired) electrons. The molecule has 0 aliphatic heterocycles. The molecule has 0 heterocycles. The molecular weight excluding hydrogens is 298 g/mol. The Balaban J connectivity index is 2.01. The summed E-state index contributed by atoms with van der Waals surface area (Å²) in [6.45, 7) is 10.1. The zero-order valence-electron chi connectivity index (χ0n) is 15.2. The molecule has 0 aliphatic rings. The number of hydrogen-bond acceptors (Lipinski definition) is 2. The first-order valence-electron chi connectivity index (χ1n) is 8.51. The fraction of sp³-hybridized carbons (Fsp3) is 0.381. The van der Waals surface area contributed by atoms with E-state index in [1.54, 1.807) is 6.92 Å². The summed E-state index contributed by atoms with van der Waals surface area (Å²) in [4.78, 5) is 12.4. The van der Waals surface area contributed by atoms with Crippen LogP contribution in [0.5, 0.6) is 5.75 Å². The van der Waals surface area contributed by atoms with E-state index in [0.29, 0.717) is 5.92 Å². The molecular formula is C21H27NO2. The van der Waals surface area contributed by atoms with Crippen LogP contribution in [0.15, 0.2) is 48.5 Å². The van der Waals surface area contributed by atoms with Crippen LogP contribution in [0.25, 0.3) is 0 Å². The molecule has 128 valence electrons. The first-order valence-corrected chi connectivity index (χ1v) is 8.51. The summed E-state index contributed by atoms with van der Waals surface area (Å²) in [6.07, 6.45) is -0.544. The first kappa shape index (κ1) is 18.1. The Hall–Kier alpha value is -2.29. The monoisotopic (exact) mass is 325 g/mol. The van der Waals surface area contributed by atoms with Crippen molar-refractivity contribution in [3.8, 4) is 5.75 Å². The van der Waals surface area contributed by atoms with Crippen molar-refractivity contribution in [1.82, 2.24) is 5.32 Å². The molecule has 0 saturated heterocycles. The molecule has 2 aromatic carbocycles. The second-order valence-electron chi connectivity index (χ2n) is 6.59. The van der Waals surface area contributed by atoms with Crippen LogP contribution in [0.2, 0.25) is 0 Å². The fourth-order valence-electron chi connectivity index (χ4n) is 2.58. The summed E-state index contributed by atoms with van der Waals surface area (Å²) in [5.74, 6) is 1.02. The maximum Gasteiger partial charge on any atom is 0.261 e. The van der Waals surface area contributed by atoms with Crippen LogP contribution < -0.4 is 10.1 Å². The second-order valence-corrected chi connectivity index (χ2v) is 6.59. The van der Waals surface area contributed by atoms with E-state index in [0.717, 1.165) is 16.9 Å². The van der Waals surface area contributed by atoms with Gasteiger partial charge in [0.15, 0.2) is 6.10 Å². The maximum absolute atomic E-state index is 12.4. The first-order chi connectivity index (χ1) is 11.4. The average molecular weight is 325 g/mol. The quantitative estimate of drug-likeness (QED) is 0.831. The number of para-hydroxylation sites is 1. The Kier molecular flexibility index (Phi) is 6.02. The predicted molar refractivity (Wildman–Crippen MR) is 98.4 cm³/mol. The maximum atomic E-state index is 12.4. The second kappa shape index (κ2) is 8.00. The molecule has 1 N–H and O–H groups in total. The van der Waals surface area contributed by atoms with Gasteiger partial charge >= 0.3 is 0 Å². The van der Waals surface area contributed by atoms with Gasteiger partial charge in [0.05, 0.1) is 6.04 Å². The van der Waals surface area contributed by atoms with Crippen molar-refractivity contribution in [3.05, 3.63) is 65.2 Å². The Morgan fingerprint density at radius 2 is 1.58 bits per heavy atom. The highest BCUT2D eigenvalue weighted by Crippen LogP contribution is 2.26. The average Bonchev–Trinajstić information content (AvgIpc) is 2.55. The summed E-state index contributed by atoms with van der Waals surface area (Å²) in [7, 11) is 0. The van der Waals surface area contributed by atoms with Crippen LogP contribution in [-0.4, -0.2) is 12.0 Å². The number of carbonyl (C=O) groups is 1.